The van der Waals surface area contributed by atoms with Gasteiger partial charge in [-0.05, 0) is 25.2 Å². The molecule has 0 amide bonds. The van der Waals surface area contributed by atoms with E-state index >= 15 is 0 Å². The average molecular weight is 319 g/mol. The maximum Gasteiger partial charge on any atom is 0.338 e. The number of hydrogen-bond donors (Lipinski definition) is 6. The third-order valence-electron chi connectivity index (χ3n) is 3.47. The minimum atomic E-state index is -1.75. The van der Waals surface area contributed by atoms with E-state index in [1.165, 1.54) is 0 Å². The molecule has 0 aliphatic heterocycles. The molecule has 9 nitrogen and oxygen atoms in total. The van der Waals surface area contributed by atoms with Crippen LogP contribution in [0.25, 0.3) is 0 Å². The van der Waals surface area contributed by atoms with Crippen LogP contribution in [0.4, 0.5) is 0 Å². The number of aliphatic carboxylic acids is 2. The van der Waals surface area contributed by atoms with E-state index in [4.69, 9.17) is 10.8 Å². The van der Waals surface area contributed by atoms with Gasteiger partial charge in [0, 0.05) is 20.6 Å². The Labute approximate surface area is 131 Å². The molecule has 0 radical (unpaired) electrons. The SMILES string of the molecule is CNN(CCCC[C@@](N)(N[C@H](C(=O)O)C(C)C)C(=O)O)NC. The maximum absolute atomic E-state index is 11.4. The molecule has 0 rings (SSSR count). The predicted molar refractivity (Wildman–Crippen MR) is 82.6 cm³/mol. The fraction of sp³-hybridized carbons (Fsp3) is 0.846. The molecule has 0 unspecified atom stereocenters. The zero-order valence-corrected chi connectivity index (χ0v) is 13.7. The minimum absolute atomic E-state index is 0.139. The molecule has 0 bridgehead atoms. The lowest BCUT2D eigenvalue weighted by Crippen LogP contribution is -2.65. The Kier molecular flexibility index (Phi) is 9.14. The molecular weight excluding hydrogens is 290 g/mol. The van der Waals surface area contributed by atoms with Crippen molar-refractivity contribution < 1.29 is 19.8 Å². The van der Waals surface area contributed by atoms with Crippen LogP contribution >= 0.6 is 0 Å². The van der Waals surface area contributed by atoms with Gasteiger partial charge in [-0.25, -0.2) is 15.6 Å². The quantitative estimate of drug-likeness (QED) is 0.154. The van der Waals surface area contributed by atoms with E-state index in [-0.39, 0.29) is 12.3 Å². The summed E-state index contributed by atoms with van der Waals surface area (Å²) in [5.74, 6) is -2.63. The molecule has 0 aromatic heterocycles. The largest absolute Gasteiger partial charge is 0.480 e. The van der Waals surface area contributed by atoms with E-state index in [9.17, 15) is 14.7 Å². The minimum Gasteiger partial charge on any atom is -0.480 e. The molecule has 130 valence electrons. The molecule has 0 fully saturated rings. The molecule has 0 heterocycles. The first-order valence-electron chi connectivity index (χ1n) is 7.33. The van der Waals surface area contributed by atoms with Crippen molar-refractivity contribution >= 4 is 11.9 Å². The van der Waals surface area contributed by atoms with Gasteiger partial charge < -0.3 is 15.9 Å². The molecule has 2 atom stereocenters. The first-order valence-corrected chi connectivity index (χ1v) is 7.33. The van der Waals surface area contributed by atoms with Gasteiger partial charge in [-0.15, -0.1) is 0 Å². The molecule has 9 heteroatoms. The fourth-order valence-corrected chi connectivity index (χ4v) is 2.04. The average Bonchev–Trinajstić information content (AvgIpc) is 2.44. The van der Waals surface area contributed by atoms with Gasteiger partial charge in [0.2, 0.25) is 0 Å². The number of carboxylic acids is 2. The molecule has 22 heavy (non-hydrogen) atoms. The Hall–Kier alpha value is -1.26. The van der Waals surface area contributed by atoms with E-state index in [1.807, 2.05) is 0 Å². The highest BCUT2D eigenvalue weighted by molar-refractivity contribution is 5.80. The molecule has 0 aromatic carbocycles. The van der Waals surface area contributed by atoms with Crippen LogP contribution in [-0.2, 0) is 9.59 Å². The number of hydrazine groups is 2. The number of carboxylic acid groups (broad SMARTS) is 2. The first kappa shape index (κ1) is 20.7. The third-order valence-corrected chi connectivity index (χ3v) is 3.47. The topological polar surface area (TPSA) is 140 Å². The summed E-state index contributed by atoms with van der Waals surface area (Å²) >= 11 is 0. The van der Waals surface area contributed by atoms with Crippen molar-refractivity contribution in [1.29, 1.82) is 0 Å². The van der Waals surface area contributed by atoms with Crippen molar-refractivity contribution in [3.05, 3.63) is 0 Å². The van der Waals surface area contributed by atoms with Crippen molar-refractivity contribution in [3.63, 3.8) is 0 Å². The lowest BCUT2D eigenvalue weighted by Gasteiger charge is -2.31. The van der Waals surface area contributed by atoms with Crippen molar-refractivity contribution in [3.8, 4) is 0 Å². The Bertz CT molecular complexity index is 362. The molecule has 0 saturated carbocycles. The fourth-order valence-electron chi connectivity index (χ4n) is 2.04. The van der Waals surface area contributed by atoms with E-state index < -0.39 is 23.6 Å². The van der Waals surface area contributed by atoms with Crippen molar-refractivity contribution in [2.75, 3.05) is 20.6 Å². The summed E-state index contributed by atoms with van der Waals surface area (Å²) in [6.45, 7) is 4.06. The van der Waals surface area contributed by atoms with E-state index in [0.29, 0.717) is 19.4 Å². The monoisotopic (exact) mass is 319 g/mol. The zero-order chi connectivity index (χ0) is 17.3. The summed E-state index contributed by atoms with van der Waals surface area (Å²) in [6.07, 6.45) is 1.38. The third kappa shape index (κ3) is 6.67. The number of nitrogens with zero attached hydrogens (tertiary/aromatic N) is 1. The highest BCUT2D eigenvalue weighted by Gasteiger charge is 2.38. The van der Waals surface area contributed by atoms with Gasteiger partial charge in [0.05, 0.1) is 0 Å². The van der Waals surface area contributed by atoms with Gasteiger partial charge in [-0.1, -0.05) is 13.8 Å². The van der Waals surface area contributed by atoms with Crippen LogP contribution in [-0.4, -0.2) is 59.6 Å². The summed E-state index contributed by atoms with van der Waals surface area (Å²) in [5.41, 5.74) is 9.96. The van der Waals surface area contributed by atoms with Crippen molar-refractivity contribution in [2.45, 2.75) is 44.8 Å². The molecular formula is C13H29N5O4. The smallest absolute Gasteiger partial charge is 0.338 e. The van der Waals surface area contributed by atoms with E-state index in [2.05, 4.69) is 16.2 Å². The molecule has 0 aliphatic rings. The summed E-state index contributed by atoms with van der Waals surface area (Å²) in [6, 6.07) is -1.01. The van der Waals surface area contributed by atoms with Gasteiger partial charge in [-0.3, -0.25) is 10.1 Å². The molecule has 7 N–H and O–H groups in total. The maximum atomic E-state index is 11.4. The second kappa shape index (κ2) is 9.70. The molecule has 0 saturated heterocycles. The lowest BCUT2D eigenvalue weighted by atomic mass is 9.97. The number of carbonyl (C=O) groups is 2. The van der Waals surface area contributed by atoms with Gasteiger partial charge in [0.15, 0.2) is 5.66 Å². The number of unbranched alkanes of at least 4 members (excludes halogenated alkanes) is 1. The highest BCUT2D eigenvalue weighted by Crippen LogP contribution is 2.13. The van der Waals surface area contributed by atoms with Crippen LogP contribution in [0.1, 0.15) is 33.1 Å². The molecule has 0 aliphatic carbocycles. The van der Waals surface area contributed by atoms with Crippen molar-refractivity contribution in [2.24, 2.45) is 11.7 Å². The Balaban J connectivity index is 4.62. The van der Waals surface area contributed by atoms with Crippen LogP contribution in [0, 0.1) is 5.92 Å². The number of nitrogens with two attached hydrogens (primary N) is 1. The summed E-state index contributed by atoms with van der Waals surface area (Å²) in [5, 5.41) is 22.8. The number of rotatable bonds is 12. The summed E-state index contributed by atoms with van der Waals surface area (Å²) in [4.78, 5) is 22.6. The Morgan fingerprint density at radius 1 is 1.18 bits per heavy atom. The molecule has 0 aromatic rings. The van der Waals surface area contributed by atoms with Gasteiger partial charge in [-0.2, -0.15) is 5.12 Å². The van der Waals surface area contributed by atoms with Crippen LogP contribution < -0.4 is 21.9 Å². The summed E-state index contributed by atoms with van der Waals surface area (Å²) < 4.78 is 0. The molecule has 0 spiro atoms. The normalized spacial score (nSPS) is 15.8. The van der Waals surface area contributed by atoms with E-state index in [0.717, 1.165) is 0 Å². The standard InChI is InChI=1S/C13H29N5O4/c1-9(2)10(11(19)20)17-13(14,12(21)22)7-5-6-8-18(15-3)16-4/h9-10,15-17H,5-8,14H2,1-4H3,(H,19,20)(H,21,22)/t10-,13+/m0/s1. The zero-order valence-electron chi connectivity index (χ0n) is 13.7. The van der Waals surface area contributed by atoms with Crippen LogP contribution in [0.2, 0.25) is 0 Å². The van der Waals surface area contributed by atoms with Gasteiger partial charge >= 0.3 is 11.9 Å². The van der Waals surface area contributed by atoms with Crippen LogP contribution in [0.3, 0.4) is 0 Å². The van der Waals surface area contributed by atoms with E-state index in [1.54, 1.807) is 33.1 Å². The Morgan fingerprint density at radius 3 is 2.09 bits per heavy atom. The second-order valence-corrected chi connectivity index (χ2v) is 5.54. The predicted octanol–water partition coefficient (Wildman–Crippen LogP) is -0.834. The first-order chi connectivity index (χ1) is 10.2. The highest BCUT2D eigenvalue weighted by atomic mass is 16.4. The number of nitrogens with one attached hydrogen (secondary N) is 3. The van der Waals surface area contributed by atoms with Gasteiger partial charge in [0.25, 0.3) is 0 Å². The second-order valence-electron chi connectivity index (χ2n) is 5.54. The van der Waals surface area contributed by atoms with Crippen LogP contribution in [0.15, 0.2) is 0 Å². The summed E-state index contributed by atoms with van der Waals surface area (Å²) in [7, 11) is 3.53. The van der Waals surface area contributed by atoms with Crippen LogP contribution in [0.5, 0.6) is 0 Å². The Morgan fingerprint density at radius 2 is 1.73 bits per heavy atom. The lowest BCUT2D eigenvalue weighted by molar-refractivity contribution is -0.148. The van der Waals surface area contributed by atoms with Gasteiger partial charge in [0.1, 0.15) is 6.04 Å². The van der Waals surface area contributed by atoms with Crippen molar-refractivity contribution in [1.82, 2.24) is 21.3 Å². The number of hydrogen-bond acceptors (Lipinski definition) is 7.